The highest BCUT2D eigenvalue weighted by molar-refractivity contribution is 5.65. The molecule has 0 aromatic carbocycles. The molecule has 0 fully saturated rings. The molecule has 1 aliphatic heterocycles. The molecule has 4 heteroatoms. The first-order chi connectivity index (χ1) is 4.36. The minimum absolute atomic E-state index is 0.0816. The third kappa shape index (κ3) is 0.526. The van der Waals surface area contributed by atoms with Crippen LogP contribution in [0.15, 0.2) is 15.9 Å². The van der Waals surface area contributed by atoms with Crippen molar-refractivity contribution in [1.82, 2.24) is 9.78 Å². The maximum Gasteiger partial charge on any atom is 0.266 e. The Morgan fingerprint density at radius 1 is 1.78 bits per heavy atom. The second-order valence-corrected chi connectivity index (χ2v) is 1.90. The number of fused-ring (bicyclic) bond motifs is 1. The lowest BCUT2D eigenvalue weighted by Gasteiger charge is -1.88. The molecule has 0 saturated carbocycles. The summed E-state index contributed by atoms with van der Waals surface area (Å²) in [6.07, 6.45) is 1.76. The zero-order valence-corrected chi connectivity index (χ0v) is 4.66. The van der Waals surface area contributed by atoms with Crippen LogP contribution in [-0.2, 0) is 6.54 Å². The van der Waals surface area contributed by atoms with Crippen LogP contribution < -0.4 is 5.56 Å². The van der Waals surface area contributed by atoms with Gasteiger partial charge in [0.05, 0.1) is 6.54 Å². The van der Waals surface area contributed by atoms with Gasteiger partial charge in [0.25, 0.3) is 5.56 Å². The van der Waals surface area contributed by atoms with Crippen LogP contribution in [0, 0.1) is 0 Å². The van der Waals surface area contributed by atoms with E-state index < -0.39 is 0 Å². The maximum absolute atomic E-state index is 10.6. The van der Waals surface area contributed by atoms with Crippen LogP contribution in [0.25, 0.3) is 0 Å². The number of nitrogens with one attached hydrogen (secondary N) is 1. The van der Waals surface area contributed by atoms with Gasteiger partial charge in [-0.3, -0.25) is 14.6 Å². The molecule has 1 aliphatic rings. The summed E-state index contributed by atoms with van der Waals surface area (Å²) in [7, 11) is 0. The van der Waals surface area contributed by atoms with Crippen molar-refractivity contribution in [1.29, 1.82) is 0 Å². The van der Waals surface area contributed by atoms with E-state index in [1.807, 2.05) is 0 Å². The van der Waals surface area contributed by atoms with Gasteiger partial charge >= 0.3 is 0 Å². The van der Waals surface area contributed by atoms with Crippen LogP contribution in [0.1, 0.15) is 0 Å². The van der Waals surface area contributed by atoms with E-state index in [1.165, 1.54) is 6.07 Å². The average Bonchev–Trinajstić information content (AvgIpc) is 2.22. The number of aromatic amines is 1. The maximum atomic E-state index is 10.6. The van der Waals surface area contributed by atoms with Crippen molar-refractivity contribution in [2.75, 3.05) is 0 Å². The van der Waals surface area contributed by atoms with Crippen LogP contribution in [0.2, 0.25) is 0 Å². The van der Waals surface area contributed by atoms with Crippen molar-refractivity contribution in [3.8, 4) is 0 Å². The predicted octanol–water partition coefficient (Wildman–Crippen LogP) is -0.108. The van der Waals surface area contributed by atoms with E-state index in [-0.39, 0.29) is 5.56 Å². The quantitative estimate of drug-likeness (QED) is 0.514. The van der Waals surface area contributed by atoms with Crippen LogP contribution in [0.4, 0.5) is 5.82 Å². The molecule has 0 radical (unpaired) electrons. The fourth-order valence-corrected chi connectivity index (χ4v) is 0.880. The minimum Gasteiger partial charge on any atom is -0.268 e. The molecule has 0 unspecified atom stereocenters. The van der Waals surface area contributed by atoms with Gasteiger partial charge in [-0.15, -0.1) is 0 Å². The van der Waals surface area contributed by atoms with Crippen molar-refractivity contribution in [2.24, 2.45) is 4.99 Å². The fourth-order valence-electron chi connectivity index (χ4n) is 0.880. The molecule has 2 rings (SSSR count). The first kappa shape index (κ1) is 4.55. The SMILES string of the molecule is O=c1cc2n([nH]1)CC=N2. The Kier molecular flexibility index (Phi) is 0.677. The summed E-state index contributed by atoms with van der Waals surface area (Å²) >= 11 is 0. The highest BCUT2D eigenvalue weighted by Gasteiger charge is 2.04. The first-order valence-electron chi connectivity index (χ1n) is 2.68. The molecule has 4 nitrogen and oxygen atoms in total. The van der Waals surface area contributed by atoms with E-state index in [0.29, 0.717) is 6.54 Å². The zero-order valence-electron chi connectivity index (χ0n) is 4.66. The van der Waals surface area contributed by atoms with Gasteiger partial charge in [-0.1, -0.05) is 0 Å². The predicted molar refractivity (Wildman–Crippen MR) is 33.2 cm³/mol. The summed E-state index contributed by atoms with van der Waals surface area (Å²) < 4.78 is 1.70. The Balaban J connectivity index is 2.75. The molecule has 9 heavy (non-hydrogen) atoms. The summed E-state index contributed by atoms with van der Waals surface area (Å²) in [5.41, 5.74) is -0.0816. The van der Waals surface area contributed by atoms with Gasteiger partial charge in [0.2, 0.25) is 0 Å². The number of aliphatic imine (C=N–C) groups is 1. The monoisotopic (exact) mass is 123 g/mol. The normalized spacial score (nSPS) is 14.2. The van der Waals surface area contributed by atoms with E-state index in [1.54, 1.807) is 10.9 Å². The van der Waals surface area contributed by atoms with E-state index in [0.717, 1.165) is 5.82 Å². The Morgan fingerprint density at radius 2 is 2.67 bits per heavy atom. The van der Waals surface area contributed by atoms with Gasteiger partial charge in [0, 0.05) is 12.3 Å². The largest absolute Gasteiger partial charge is 0.268 e. The Morgan fingerprint density at radius 3 is 3.44 bits per heavy atom. The number of aromatic nitrogens is 2. The van der Waals surface area contributed by atoms with Crippen molar-refractivity contribution in [3.05, 3.63) is 16.4 Å². The summed E-state index contributed by atoms with van der Waals surface area (Å²) in [6, 6.07) is 1.48. The smallest absolute Gasteiger partial charge is 0.266 e. The summed E-state index contributed by atoms with van der Waals surface area (Å²) in [4.78, 5) is 14.5. The van der Waals surface area contributed by atoms with Gasteiger partial charge in [0.15, 0.2) is 5.82 Å². The standard InChI is InChI=1S/C5H5N3O/c9-5-3-4-6-1-2-8(4)7-5/h1,3H,2H2,(H,7,9). The first-order valence-corrected chi connectivity index (χ1v) is 2.68. The second-order valence-electron chi connectivity index (χ2n) is 1.90. The molecule has 1 aromatic rings. The number of nitrogens with zero attached hydrogens (tertiary/aromatic N) is 2. The molecule has 0 spiro atoms. The van der Waals surface area contributed by atoms with E-state index in [9.17, 15) is 4.79 Å². The van der Waals surface area contributed by atoms with E-state index in [2.05, 4.69) is 10.1 Å². The highest BCUT2D eigenvalue weighted by Crippen LogP contribution is 2.10. The molecule has 0 atom stereocenters. The van der Waals surface area contributed by atoms with Gasteiger partial charge < -0.3 is 0 Å². The van der Waals surface area contributed by atoms with Gasteiger partial charge in [-0.05, 0) is 0 Å². The van der Waals surface area contributed by atoms with Gasteiger partial charge in [-0.25, -0.2) is 4.99 Å². The molecule has 0 amide bonds. The minimum atomic E-state index is -0.0816. The summed E-state index contributed by atoms with van der Waals surface area (Å²) in [6.45, 7) is 0.692. The second kappa shape index (κ2) is 1.34. The number of hydrogen-bond acceptors (Lipinski definition) is 2. The Bertz CT molecular complexity index is 306. The number of rotatable bonds is 0. The Hall–Kier alpha value is -1.32. The third-order valence-corrected chi connectivity index (χ3v) is 1.27. The van der Waals surface area contributed by atoms with E-state index >= 15 is 0 Å². The molecular weight excluding hydrogens is 118 g/mol. The van der Waals surface area contributed by atoms with Crippen molar-refractivity contribution in [2.45, 2.75) is 6.54 Å². The average molecular weight is 123 g/mol. The Labute approximate surface area is 50.8 Å². The summed E-state index contributed by atoms with van der Waals surface area (Å²) in [5.74, 6) is 0.722. The van der Waals surface area contributed by atoms with Crippen LogP contribution in [0.5, 0.6) is 0 Å². The van der Waals surface area contributed by atoms with Crippen molar-refractivity contribution >= 4 is 12.0 Å². The van der Waals surface area contributed by atoms with Gasteiger partial charge in [-0.2, -0.15) is 0 Å². The molecule has 0 bridgehead atoms. The molecule has 0 saturated heterocycles. The summed E-state index contributed by atoms with van der Waals surface area (Å²) in [5, 5.41) is 2.59. The lowest BCUT2D eigenvalue weighted by molar-refractivity contribution is 0.746. The van der Waals surface area contributed by atoms with Crippen molar-refractivity contribution in [3.63, 3.8) is 0 Å². The van der Waals surface area contributed by atoms with Crippen LogP contribution in [-0.4, -0.2) is 16.0 Å². The topological polar surface area (TPSA) is 50.1 Å². The third-order valence-electron chi connectivity index (χ3n) is 1.27. The van der Waals surface area contributed by atoms with Crippen LogP contribution in [0.3, 0.4) is 0 Å². The molecule has 1 N–H and O–H groups in total. The van der Waals surface area contributed by atoms with Crippen molar-refractivity contribution < 1.29 is 0 Å². The van der Waals surface area contributed by atoms with Gasteiger partial charge in [0.1, 0.15) is 0 Å². The highest BCUT2D eigenvalue weighted by atomic mass is 16.1. The number of H-pyrrole nitrogens is 1. The molecule has 0 aliphatic carbocycles. The molecular formula is C5H5N3O. The van der Waals surface area contributed by atoms with Crippen LogP contribution >= 0.6 is 0 Å². The fraction of sp³-hybridized carbons (Fsp3) is 0.200. The lowest BCUT2D eigenvalue weighted by Crippen LogP contribution is -2.03. The lowest BCUT2D eigenvalue weighted by atomic mass is 10.6. The molecule has 2 heterocycles. The molecule has 46 valence electrons. The molecule has 1 aromatic heterocycles. The zero-order chi connectivity index (χ0) is 6.27. The van der Waals surface area contributed by atoms with E-state index in [4.69, 9.17) is 0 Å². The number of hydrogen-bond donors (Lipinski definition) is 1.